The molecule has 0 radical (unpaired) electrons. The number of hydrogen-bond acceptors (Lipinski definition) is 4. The molecule has 0 saturated heterocycles. The molecule has 7 heteroatoms. The second-order valence-electron chi connectivity index (χ2n) is 6.88. The number of anilines is 1. The summed E-state index contributed by atoms with van der Waals surface area (Å²) >= 11 is 0. The van der Waals surface area contributed by atoms with Crippen molar-refractivity contribution in [2.75, 3.05) is 24.6 Å². The van der Waals surface area contributed by atoms with E-state index >= 15 is 0 Å². The van der Waals surface area contributed by atoms with Crippen molar-refractivity contribution >= 4 is 23.6 Å². The maximum absolute atomic E-state index is 12.9. The van der Waals surface area contributed by atoms with Crippen LogP contribution in [0.25, 0.3) is 0 Å². The van der Waals surface area contributed by atoms with Crippen LogP contribution in [0, 0.1) is 6.92 Å². The fourth-order valence-electron chi connectivity index (χ4n) is 3.21. The van der Waals surface area contributed by atoms with Gasteiger partial charge in [0.25, 0.3) is 5.91 Å². The maximum Gasteiger partial charge on any atom is 0.325 e. The van der Waals surface area contributed by atoms with E-state index in [1.807, 2.05) is 49.4 Å². The van der Waals surface area contributed by atoms with Crippen LogP contribution in [0.15, 0.2) is 42.5 Å². The van der Waals surface area contributed by atoms with E-state index in [1.165, 1.54) is 0 Å². The first-order valence-corrected chi connectivity index (χ1v) is 9.65. The number of carbonyl (C=O) groups excluding carboxylic acids is 3. The number of esters is 1. The highest BCUT2D eigenvalue weighted by atomic mass is 16.5. The second-order valence-corrected chi connectivity index (χ2v) is 6.88. The zero-order valence-corrected chi connectivity index (χ0v) is 16.7. The van der Waals surface area contributed by atoms with Gasteiger partial charge in [-0.05, 0) is 49.6 Å². The van der Waals surface area contributed by atoms with Gasteiger partial charge in [0.2, 0.25) is 0 Å². The molecule has 0 aromatic heterocycles. The number of benzene rings is 2. The molecule has 0 atom stereocenters. The number of nitrogens with one attached hydrogen (secondary N) is 2. The summed E-state index contributed by atoms with van der Waals surface area (Å²) in [5, 5.41) is 5.16. The zero-order valence-electron chi connectivity index (χ0n) is 16.7. The predicted molar refractivity (Wildman–Crippen MR) is 110 cm³/mol. The molecule has 1 aliphatic rings. The molecule has 0 bridgehead atoms. The van der Waals surface area contributed by atoms with E-state index in [-0.39, 0.29) is 25.6 Å². The molecule has 0 unspecified atom stereocenters. The van der Waals surface area contributed by atoms with E-state index in [2.05, 4.69) is 10.6 Å². The number of ether oxygens (including phenoxy) is 1. The van der Waals surface area contributed by atoms with E-state index < -0.39 is 12.0 Å². The lowest BCUT2D eigenvalue weighted by molar-refractivity contribution is -0.141. The molecule has 29 heavy (non-hydrogen) atoms. The van der Waals surface area contributed by atoms with Crippen molar-refractivity contribution in [3.63, 3.8) is 0 Å². The molecule has 152 valence electrons. The van der Waals surface area contributed by atoms with Crippen LogP contribution >= 0.6 is 0 Å². The summed E-state index contributed by atoms with van der Waals surface area (Å²) in [6.45, 7) is 4.71. The number of carbonyl (C=O) groups is 3. The number of urea groups is 1. The smallest absolute Gasteiger partial charge is 0.325 e. The molecule has 0 fully saturated rings. The number of fused-ring (bicyclic) bond motifs is 1. The highest BCUT2D eigenvalue weighted by Gasteiger charge is 2.25. The lowest BCUT2D eigenvalue weighted by atomic mass is 10.1. The largest absolute Gasteiger partial charge is 0.465 e. The Labute approximate surface area is 170 Å². The molecule has 2 N–H and O–H groups in total. The van der Waals surface area contributed by atoms with Crippen LogP contribution in [0.5, 0.6) is 0 Å². The normalized spacial score (nSPS) is 12.3. The average molecular weight is 395 g/mol. The minimum atomic E-state index is -0.481. The van der Waals surface area contributed by atoms with Gasteiger partial charge in [0.15, 0.2) is 0 Å². The second kappa shape index (κ2) is 9.23. The van der Waals surface area contributed by atoms with Gasteiger partial charge in [0.1, 0.15) is 6.54 Å². The van der Waals surface area contributed by atoms with E-state index in [4.69, 9.17) is 4.74 Å². The van der Waals surface area contributed by atoms with E-state index in [0.29, 0.717) is 12.1 Å². The van der Waals surface area contributed by atoms with Crippen molar-refractivity contribution in [2.45, 2.75) is 26.8 Å². The van der Waals surface area contributed by atoms with Gasteiger partial charge in [-0.1, -0.05) is 29.8 Å². The Hall–Kier alpha value is -3.35. The van der Waals surface area contributed by atoms with Gasteiger partial charge < -0.3 is 20.3 Å². The number of aryl methyl sites for hydroxylation is 1. The van der Waals surface area contributed by atoms with E-state index in [1.54, 1.807) is 11.8 Å². The molecule has 0 spiro atoms. The summed E-state index contributed by atoms with van der Waals surface area (Å²) in [4.78, 5) is 37.8. The third-order valence-corrected chi connectivity index (χ3v) is 4.74. The Kier molecular flexibility index (Phi) is 6.49. The van der Waals surface area contributed by atoms with Crippen molar-refractivity contribution in [3.8, 4) is 0 Å². The van der Waals surface area contributed by atoms with E-state index in [9.17, 15) is 14.4 Å². The summed E-state index contributed by atoms with van der Waals surface area (Å²) in [6.07, 6.45) is 0.806. The number of amides is 3. The van der Waals surface area contributed by atoms with Gasteiger partial charge in [-0.25, -0.2) is 4.79 Å². The van der Waals surface area contributed by atoms with Crippen molar-refractivity contribution in [1.82, 2.24) is 10.6 Å². The number of rotatable bonds is 6. The lowest BCUT2D eigenvalue weighted by Gasteiger charge is -2.18. The van der Waals surface area contributed by atoms with Gasteiger partial charge in [0, 0.05) is 24.3 Å². The van der Waals surface area contributed by atoms with Gasteiger partial charge in [-0.15, -0.1) is 0 Å². The summed E-state index contributed by atoms with van der Waals surface area (Å²) in [7, 11) is 0. The van der Waals surface area contributed by atoms with Gasteiger partial charge in [-0.2, -0.15) is 0 Å². The average Bonchev–Trinajstić information content (AvgIpc) is 3.14. The number of nitrogens with zero attached hydrogens (tertiary/aromatic N) is 1. The fourth-order valence-corrected chi connectivity index (χ4v) is 3.21. The Balaban J connectivity index is 1.62. The first-order valence-electron chi connectivity index (χ1n) is 9.65. The highest BCUT2D eigenvalue weighted by Crippen LogP contribution is 2.30. The third-order valence-electron chi connectivity index (χ3n) is 4.74. The minimum Gasteiger partial charge on any atom is -0.465 e. The molecule has 2 aromatic rings. The summed E-state index contributed by atoms with van der Waals surface area (Å²) < 4.78 is 4.76. The Morgan fingerprint density at radius 1 is 1.07 bits per heavy atom. The lowest BCUT2D eigenvalue weighted by Crippen LogP contribution is -2.38. The Morgan fingerprint density at radius 2 is 1.83 bits per heavy atom. The van der Waals surface area contributed by atoms with Crippen molar-refractivity contribution < 1.29 is 19.1 Å². The standard InChI is InChI=1S/C22H25N3O4/c1-3-29-20(26)14-24-22(28)23-13-16-6-9-17-10-11-25(19(17)12-16)21(27)18-7-4-15(2)5-8-18/h4-9,12H,3,10-11,13-14H2,1-2H3,(H2,23,24,28). The van der Waals surface area contributed by atoms with Gasteiger partial charge in [0.05, 0.1) is 6.61 Å². The molecule has 0 aliphatic carbocycles. The topological polar surface area (TPSA) is 87.7 Å². The van der Waals surface area contributed by atoms with Crippen molar-refractivity contribution in [3.05, 3.63) is 64.7 Å². The van der Waals surface area contributed by atoms with Crippen LogP contribution in [0.2, 0.25) is 0 Å². The first-order chi connectivity index (χ1) is 14.0. The SMILES string of the molecule is CCOC(=O)CNC(=O)NCc1ccc2c(c1)N(C(=O)c1ccc(C)cc1)CC2. The monoisotopic (exact) mass is 395 g/mol. The highest BCUT2D eigenvalue weighted by molar-refractivity contribution is 6.07. The Bertz CT molecular complexity index is 909. The van der Waals surface area contributed by atoms with Crippen molar-refractivity contribution in [2.24, 2.45) is 0 Å². The Morgan fingerprint density at radius 3 is 2.55 bits per heavy atom. The van der Waals surface area contributed by atoms with Gasteiger partial charge in [-0.3, -0.25) is 9.59 Å². The predicted octanol–water partition coefficient (Wildman–Crippen LogP) is 2.56. The van der Waals surface area contributed by atoms with Gasteiger partial charge >= 0.3 is 12.0 Å². The number of hydrogen-bond donors (Lipinski definition) is 2. The van der Waals surface area contributed by atoms with Crippen LogP contribution in [0.4, 0.5) is 10.5 Å². The minimum absolute atomic E-state index is 0.0268. The molecule has 0 saturated carbocycles. The molecule has 3 rings (SSSR count). The van der Waals surface area contributed by atoms with Crippen molar-refractivity contribution in [1.29, 1.82) is 0 Å². The summed E-state index contributed by atoms with van der Waals surface area (Å²) in [6, 6.07) is 12.9. The molecule has 3 amide bonds. The van der Waals surface area contributed by atoms with Crippen LogP contribution in [0.3, 0.4) is 0 Å². The maximum atomic E-state index is 12.9. The molecule has 1 aliphatic heterocycles. The zero-order chi connectivity index (χ0) is 20.8. The molecule has 2 aromatic carbocycles. The fraction of sp³-hybridized carbons (Fsp3) is 0.318. The van der Waals surface area contributed by atoms with Crippen LogP contribution < -0.4 is 15.5 Å². The summed E-state index contributed by atoms with van der Waals surface area (Å²) in [5.74, 6) is -0.508. The molecule has 1 heterocycles. The first kappa shape index (κ1) is 20.4. The molecular formula is C22H25N3O4. The third kappa shape index (κ3) is 5.13. The van der Waals surface area contributed by atoms with Crippen LogP contribution in [-0.4, -0.2) is 37.6 Å². The summed E-state index contributed by atoms with van der Waals surface area (Å²) in [5.41, 5.74) is 4.63. The molecule has 7 nitrogen and oxygen atoms in total. The quantitative estimate of drug-likeness (QED) is 0.736. The van der Waals surface area contributed by atoms with Crippen LogP contribution in [-0.2, 0) is 22.5 Å². The van der Waals surface area contributed by atoms with E-state index in [0.717, 1.165) is 28.8 Å². The molecular weight excluding hydrogens is 370 g/mol. The van der Waals surface area contributed by atoms with Crippen LogP contribution in [0.1, 0.15) is 34.0 Å².